The first kappa shape index (κ1) is 21.2. The van der Waals surface area contributed by atoms with Crippen molar-refractivity contribution in [1.29, 1.82) is 0 Å². The van der Waals surface area contributed by atoms with Crippen molar-refractivity contribution in [3.63, 3.8) is 0 Å². The molecule has 2 N–H and O–H groups in total. The summed E-state index contributed by atoms with van der Waals surface area (Å²) in [4.78, 5) is 0. The largest absolute Gasteiger partial charge is 1.00 e. The molecule has 0 radical (unpaired) electrons. The molecule has 4 aromatic rings. The van der Waals surface area contributed by atoms with Gasteiger partial charge in [0.1, 0.15) is 6.15 Å². The molecule has 128 valence electrons. The van der Waals surface area contributed by atoms with E-state index in [9.17, 15) is 0 Å². The summed E-state index contributed by atoms with van der Waals surface area (Å²) < 4.78 is 0. The predicted octanol–water partition coefficient (Wildman–Crippen LogP) is -0.757. The fraction of sp³-hybridized carbons (Fsp3) is 0. The van der Waals surface area contributed by atoms with Crippen molar-refractivity contribution in [3.8, 4) is 0 Å². The van der Waals surface area contributed by atoms with Crippen molar-refractivity contribution in [2.24, 2.45) is 0 Å². The van der Waals surface area contributed by atoms with Gasteiger partial charge in [0.25, 0.3) is 0 Å². The molecule has 0 amide bonds. The summed E-state index contributed by atoms with van der Waals surface area (Å²) in [7, 11) is 0. The Kier molecular flexibility index (Phi) is 7.64. The van der Waals surface area contributed by atoms with Gasteiger partial charge in [-0.15, -0.1) is 0 Å². The Morgan fingerprint density at radius 1 is 0.333 bits per heavy atom. The van der Waals surface area contributed by atoms with Gasteiger partial charge in [-0.25, -0.2) is 0 Å². The van der Waals surface area contributed by atoms with E-state index in [1.165, 1.54) is 21.9 Å². The van der Waals surface area contributed by atoms with Crippen molar-refractivity contribution >= 4 is 28.0 Å². The van der Waals surface area contributed by atoms with Crippen LogP contribution in [0.15, 0.2) is 121 Å². The number of rotatable bonds is 4. The zero-order valence-electron chi connectivity index (χ0n) is 15.6. The number of hydrogen-bond donors (Lipinski definition) is 0. The third-order valence-corrected chi connectivity index (χ3v) is 5.20. The molecular formula is C24H22BNaO. The van der Waals surface area contributed by atoms with Crippen LogP contribution in [0.1, 0.15) is 0 Å². The molecule has 0 heterocycles. The van der Waals surface area contributed by atoms with E-state index in [0.717, 1.165) is 0 Å². The Hall–Kier alpha value is -2.10. The third-order valence-electron chi connectivity index (χ3n) is 5.20. The molecule has 4 aromatic carbocycles. The van der Waals surface area contributed by atoms with Crippen LogP contribution in [0.5, 0.6) is 0 Å². The van der Waals surface area contributed by atoms with Gasteiger partial charge in [-0.3, -0.25) is 0 Å². The summed E-state index contributed by atoms with van der Waals surface area (Å²) >= 11 is 0. The van der Waals surface area contributed by atoms with Crippen LogP contribution in [-0.2, 0) is 0 Å². The van der Waals surface area contributed by atoms with Crippen molar-refractivity contribution in [2.45, 2.75) is 0 Å². The minimum Gasteiger partial charge on any atom is -0.412 e. The summed E-state index contributed by atoms with van der Waals surface area (Å²) in [6.45, 7) is 0. The van der Waals surface area contributed by atoms with Crippen molar-refractivity contribution in [1.82, 2.24) is 0 Å². The monoisotopic (exact) mass is 360 g/mol. The van der Waals surface area contributed by atoms with Crippen LogP contribution in [0, 0.1) is 0 Å². The van der Waals surface area contributed by atoms with Gasteiger partial charge in [-0.1, -0.05) is 121 Å². The van der Waals surface area contributed by atoms with E-state index in [2.05, 4.69) is 121 Å². The Morgan fingerprint density at radius 3 is 0.704 bits per heavy atom. The van der Waals surface area contributed by atoms with Crippen LogP contribution < -0.4 is 51.4 Å². The molecule has 4 rings (SSSR count). The Balaban J connectivity index is 0.00000131. The second-order valence-corrected chi connectivity index (χ2v) is 6.51. The van der Waals surface area contributed by atoms with Crippen LogP contribution in [0.25, 0.3) is 0 Å². The summed E-state index contributed by atoms with van der Waals surface area (Å²) in [6.07, 6.45) is -1.22. The average molecular weight is 360 g/mol. The van der Waals surface area contributed by atoms with E-state index < -0.39 is 6.15 Å². The molecule has 0 saturated heterocycles. The first-order valence-corrected chi connectivity index (χ1v) is 8.80. The van der Waals surface area contributed by atoms with Crippen molar-refractivity contribution in [3.05, 3.63) is 121 Å². The van der Waals surface area contributed by atoms with E-state index in [1.807, 2.05) is 0 Å². The fourth-order valence-electron chi connectivity index (χ4n) is 4.12. The average Bonchev–Trinajstić information content (AvgIpc) is 2.72. The zero-order valence-corrected chi connectivity index (χ0v) is 17.6. The molecule has 0 fully saturated rings. The van der Waals surface area contributed by atoms with Gasteiger partial charge in [0.05, 0.1) is 0 Å². The summed E-state index contributed by atoms with van der Waals surface area (Å²) in [5.41, 5.74) is 5.36. The second-order valence-electron chi connectivity index (χ2n) is 6.51. The van der Waals surface area contributed by atoms with E-state index in [1.54, 1.807) is 0 Å². The van der Waals surface area contributed by atoms with Gasteiger partial charge in [0.15, 0.2) is 0 Å². The molecule has 0 aromatic heterocycles. The topological polar surface area (TPSA) is 31.5 Å². The molecule has 1 nitrogen and oxygen atoms in total. The quantitative estimate of drug-likeness (QED) is 0.429. The first-order chi connectivity index (χ1) is 12.4. The summed E-state index contributed by atoms with van der Waals surface area (Å²) in [5.74, 6) is 0. The molecule has 0 aliphatic carbocycles. The Labute approximate surface area is 183 Å². The van der Waals surface area contributed by atoms with Crippen LogP contribution >= 0.6 is 0 Å². The first-order valence-electron chi connectivity index (χ1n) is 8.80. The maximum atomic E-state index is 2.26. The smallest absolute Gasteiger partial charge is 0.412 e. The van der Waals surface area contributed by atoms with Crippen LogP contribution in [-0.4, -0.2) is 11.6 Å². The van der Waals surface area contributed by atoms with Crippen LogP contribution in [0.4, 0.5) is 0 Å². The predicted molar refractivity (Wildman–Crippen MR) is 114 cm³/mol. The van der Waals surface area contributed by atoms with E-state index in [0.29, 0.717) is 0 Å². The Bertz CT molecular complexity index is 765. The molecule has 0 unspecified atom stereocenters. The second kappa shape index (κ2) is 9.73. The van der Waals surface area contributed by atoms with E-state index >= 15 is 0 Å². The minimum absolute atomic E-state index is 0. The molecule has 27 heavy (non-hydrogen) atoms. The molecule has 0 saturated carbocycles. The van der Waals surface area contributed by atoms with Crippen molar-refractivity contribution in [2.75, 3.05) is 0 Å². The molecular weight excluding hydrogens is 338 g/mol. The molecule has 0 aliphatic rings. The minimum atomic E-state index is -1.22. The third kappa shape index (κ3) is 3.95. The number of benzene rings is 4. The van der Waals surface area contributed by atoms with Crippen molar-refractivity contribution < 1.29 is 35.0 Å². The molecule has 3 heteroatoms. The zero-order chi connectivity index (χ0) is 17.0. The van der Waals surface area contributed by atoms with Gasteiger partial charge in [-0.2, -0.15) is 21.9 Å². The molecule has 0 aliphatic heterocycles. The SMILES string of the molecule is O.[Na+].c1ccc([B-](c2ccccc2)(c2ccccc2)c2ccccc2)cc1. The van der Waals surface area contributed by atoms with Gasteiger partial charge < -0.3 is 5.48 Å². The van der Waals surface area contributed by atoms with Crippen LogP contribution in [0.2, 0.25) is 0 Å². The normalized spacial score (nSPS) is 10.4. The number of hydrogen-bond acceptors (Lipinski definition) is 0. The van der Waals surface area contributed by atoms with Gasteiger partial charge in [-0.05, 0) is 0 Å². The van der Waals surface area contributed by atoms with Gasteiger partial charge in [0.2, 0.25) is 0 Å². The van der Waals surface area contributed by atoms with E-state index in [4.69, 9.17) is 0 Å². The molecule has 0 bridgehead atoms. The van der Waals surface area contributed by atoms with E-state index in [-0.39, 0.29) is 35.0 Å². The van der Waals surface area contributed by atoms with Gasteiger partial charge in [0, 0.05) is 0 Å². The maximum Gasteiger partial charge on any atom is 1.00 e. The Morgan fingerprint density at radius 2 is 0.519 bits per heavy atom. The molecule has 0 spiro atoms. The van der Waals surface area contributed by atoms with Crippen LogP contribution in [0.3, 0.4) is 0 Å². The maximum absolute atomic E-state index is 2.26. The summed E-state index contributed by atoms with van der Waals surface area (Å²) in [6, 6.07) is 43.5. The fourth-order valence-corrected chi connectivity index (χ4v) is 4.12. The van der Waals surface area contributed by atoms with Gasteiger partial charge >= 0.3 is 29.6 Å². The molecule has 0 atom stereocenters. The summed E-state index contributed by atoms with van der Waals surface area (Å²) in [5, 5.41) is 0. The standard InChI is InChI=1S/C24H20B.Na.H2O/c1-5-13-21(14-6-1)25(22-15-7-2-8-16-22,23-17-9-3-10-18-23)24-19-11-4-12-20-24;;/h1-20H;;1H2/q-1;+1;.